The Labute approximate surface area is 153 Å². The molecule has 0 saturated heterocycles. The van der Waals surface area contributed by atoms with Crippen molar-refractivity contribution >= 4 is 17.5 Å². The first-order valence-corrected chi connectivity index (χ1v) is 8.76. The third-order valence-corrected chi connectivity index (χ3v) is 4.92. The maximum Gasteiger partial charge on any atom is 0.214 e. The number of aromatic nitrogens is 4. The van der Waals surface area contributed by atoms with E-state index in [9.17, 15) is 13.6 Å². The van der Waals surface area contributed by atoms with Crippen molar-refractivity contribution in [3.05, 3.63) is 64.7 Å². The molecule has 0 radical (unpaired) electrons. The highest BCUT2D eigenvalue weighted by molar-refractivity contribution is 8.00. The molecule has 1 heterocycles. The Bertz CT molecular complexity index is 974. The number of thioether (sulfide) groups is 1. The summed E-state index contributed by atoms with van der Waals surface area (Å²) >= 11 is 1.16. The van der Waals surface area contributed by atoms with Gasteiger partial charge in [0, 0.05) is 5.56 Å². The van der Waals surface area contributed by atoms with E-state index in [1.54, 1.807) is 11.6 Å². The van der Waals surface area contributed by atoms with Gasteiger partial charge in [0.05, 0.1) is 10.9 Å². The second-order valence-corrected chi connectivity index (χ2v) is 7.22. The topological polar surface area (TPSA) is 60.7 Å². The van der Waals surface area contributed by atoms with Crippen LogP contribution in [-0.4, -0.2) is 31.2 Å². The van der Waals surface area contributed by atoms with Crippen LogP contribution in [0.2, 0.25) is 0 Å². The van der Waals surface area contributed by atoms with Gasteiger partial charge in [-0.3, -0.25) is 4.79 Å². The highest BCUT2D eigenvalue weighted by Crippen LogP contribution is 2.27. The molecule has 0 aliphatic heterocycles. The van der Waals surface area contributed by atoms with E-state index in [0.717, 1.165) is 40.7 Å². The minimum Gasteiger partial charge on any atom is -0.293 e. The van der Waals surface area contributed by atoms with Gasteiger partial charge in [-0.25, -0.2) is 8.78 Å². The van der Waals surface area contributed by atoms with Gasteiger partial charge >= 0.3 is 0 Å². The van der Waals surface area contributed by atoms with E-state index in [1.165, 1.54) is 6.07 Å². The van der Waals surface area contributed by atoms with E-state index in [4.69, 9.17) is 0 Å². The first-order valence-electron chi connectivity index (χ1n) is 7.88. The Hall–Kier alpha value is -2.61. The molecule has 0 N–H and O–H groups in total. The fraction of sp³-hybridized carbons (Fsp3) is 0.222. The Morgan fingerprint density at radius 1 is 1.12 bits per heavy atom. The van der Waals surface area contributed by atoms with E-state index < -0.39 is 16.9 Å². The largest absolute Gasteiger partial charge is 0.293 e. The first-order chi connectivity index (χ1) is 12.4. The van der Waals surface area contributed by atoms with Crippen LogP contribution in [0.3, 0.4) is 0 Å². The van der Waals surface area contributed by atoms with Crippen LogP contribution in [0, 0.1) is 25.5 Å². The summed E-state index contributed by atoms with van der Waals surface area (Å²) in [6.45, 7) is 5.59. The number of Topliss-reactive ketones (excluding diaryl/α,β-unsaturated/α-hetero) is 1. The SMILES string of the molecule is Cc1ccc(C)c(-n2nnnc2S[C@H](C)C(=O)c2ccc(F)c(F)c2)c1. The third-order valence-electron chi connectivity index (χ3n) is 3.89. The summed E-state index contributed by atoms with van der Waals surface area (Å²) < 4.78 is 28.0. The molecule has 0 spiro atoms. The highest BCUT2D eigenvalue weighted by atomic mass is 32.2. The zero-order chi connectivity index (χ0) is 18.8. The zero-order valence-electron chi connectivity index (χ0n) is 14.4. The van der Waals surface area contributed by atoms with Gasteiger partial charge in [0.25, 0.3) is 0 Å². The zero-order valence-corrected chi connectivity index (χ0v) is 15.2. The van der Waals surface area contributed by atoms with Crippen LogP contribution >= 0.6 is 11.8 Å². The summed E-state index contributed by atoms with van der Waals surface area (Å²) in [5.74, 6) is -2.36. The summed E-state index contributed by atoms with van der Waals surface area (Å²) in [6.07, 6.45) is 0. The van der Waals surface area contributed by atoms with Crippen molar-refractivity contribution in [2.24, 2.45) is 0 Å². The molecule has 0 aliphatic carbocycles. The lowest BCUT2D eigenvalue weighted by molar-refractivity contribution is 0.0993. The van der Waals surface area contributed by atoms with E-state index in [1.807, 2.05) is 32.0 Å². The minimum atomic E-state index is -1.05. The number of ketones is 1. The standard InChI is InChI=1S/C18H16F2N4OS/c1-10-4-5-11(2)16(8-10)24-18(21-22-23-24)26-12(3)17(25)13-6-7-14(19)15(20)9-13/h4-9,12H,1-3H3/t12-/m1/s1. The van der Waals surface area contributed by atoms with E-state index in [-0.39, 0.29) is 11.3 Å². The number of nitrogens with zero attached hydrogens (tertiary/aromatic N) is 4. The maximum absolute atomic E-state index is 13.4. The molecule has 8 heteroatoms. The van der Waals surface area contributed by atoms with Crippen LogP contribution in [0.15, 0.2) is 41.6 Å². The third kappa shape index (κ3) is 3.65. The lowest BCUT2D eigenvalue weighted by Gasteiger charge is -2.12. The van der Waals surface area contributed by atoms with Gasteiger partial charge in [0.1, 0.15) is 0 Å². The summed E-state index contributed by atoms with van der Waals surface area (Å²) in [7, 11) is 0. The Balaban J connectivity index is 1.85. The van der Waals surface area contributed by atoms with Crippen LogP contribution in [0.4, 0.5) is 8.78 Å². The maximum atomic E-state index is 13.4. The van der Waals surface area contributed by atoms with E-state index in [0.29, 0.717) is 5.16 Å². The van der Waals surface area contributed by atoms with Crippen LogP contribution in [0.5, 0.6) is 0 Å². The summed E-state index contributed by atoms with van der Waals surface area (Å²) in [6, 6.07) is 9.04. The molecular formula is C18H16F2N4OS. The summed E-state index contributed by atoms with van der Waals surface area (Å²) in [4.78, 5) is 12.5. The monoisotopic (exact) mass is 374 g/mol. The fourth-order valence-electron chi connectivity index (χ4n) is 2.45. The smallest absolute Gasteiger partial charge is 0.214 e. The molecule has 0 unspecified atom stereocenters. The van der Waals surface area contributed by atoms with Gasteiger partial charge in [0.2, 0.25) is 5.16 Å². The van der Waals surface area contributed by atoms with Crippen molar-refractivity contribution in [2.45, 2.75) is 31.2 Å². The van der Waals surface area contributed by atoms with Crippen LogP contribution in [-0.2, 0) is 0 Å². The quantitative estimate of drug-likeness (QED) is 0.500. The summed E-state index contributed by atoms with van der Waals surface area (Å²) in [5, 5.41) is 11.6. The van der Waals surface area contributed by atoms with Crippen molar-refractivity contribution < 1.29 is 13.6 Å². The molecule has 0 saturated carbocycles. The summed E-state index contributed by atoms with van der Waals surface area (Å²) in [5.41, 5.74) is 2.98. The molecule has 0 amide bonds. The van der Waals surface area contributed by atoms with E-state index >= 15 is 0 Å². The molecular weight excluding hydrogens is 358 g/mol. The van der Waals surface area contributed by atoms with Gasteiger partial charge < -0.3 is 0 Å². The van der Waals surface area contributed by atoms with Crippen molar-refractivity contribution in [3.8, 4) is 5.69 Å². The van der Waals surface area contributed by atoms with Crippen molar-refractivity contribution in [1.29, 1.82) is 0 Å². The minimum absolute atomic E-state index is 0.106. The fourth-order valence-corrected chi connectivity index (χ4v) is 3.32. The van der Waals surface area contributed by atoms with Crippen molar-refractivity contribution in [3.63, 3.8) is 0 Å². The number of benzene rings is 2. The number of rotatable bonds is 5. The second kappa shape index (κ2) is 7.33. The molecule has 0 fully saturated rings. The number of hydrogen-bond acceptors (Lipinski definition) is 5. The molecule has 1 atom stereocenters. The van der Waals surface area contributed by atoms with Gasteiger partial charge in [-0.15, -0.1) is 5.10 Å². The predicted molar refractivity (Wildman–Crippen MR) is 94.6 cm³/mol. The van der Waals surface area contributed by atoms with Crippen LogP contribution in [0.25, 0.3) is 5.69 Å². The average molecular weight is 374 g/mol. The normalized spacial score (nSPS) is 12.2. The van der Waals surface area contributed by atoms with Gasteiger partial charge in [-0.05, 0) is 66.6 Å². The number of halogens is 2. The Morgan fingerprint density at radius 3 is 2.62 bits per heavy atom. The molecule has 1 aromatic heterocycles. The van der Waals surface area contributed by atoms with E-state index in [2.05, 4.69) is 15.5 Å². The lowest BCUT2D eigenvalue weighted by atomic mass is 10.1. The predicted octanol–water partition coefficient (Wildman–Crippen LogP) is 3.92. The van der Waals surface area contributed by atoms with Gasteiger partial charge in [-0.1, -0.05) is 23.9 Å². The number of carbonyl (C=O) groups is 1. The molecule has 0 aliphatic rings. The van der Waals surface area contributed by atoms with Crippen LogP contribution < -0.4 is 0 Å². The van der Waals surface area contributed by atoms with Crippen molar-refractivity contribution in [1.82, 2.24) is 20.2 Å². The number of hydrogen-bond donors (Lipinski definition) is 0. The molecule has 0 bridgehead atoms. The highest BCUT2D eigenvalue weighted by Gasteiger charge is 2.22. The molecule has 5 nitrogen and oxygen atoms in total. The second-order valence-electron chi connectivity index (χ2n) is 5.92. The van der Waals surface area contributed by atoms with Crippen LogP contribution in [0.1, 0.15) is 28.4 Å². The molecule has 3 rings (SSSR count). The Morgan fingerprint density at radius 2 is 1.88 bits per heavy atom. The van der Waals surface area contributed by atoms with Crippen molar-refractivity contribution in [2.75, 3.05) is 0 Å². The number of carbonyl (C=O) groups excluding carboxylic acids is 1. The molecule has 134 valence electrons. The molecule has 3 aromatic rings. The molecule has 26 heavy (non-hydrogen) atoms. The average Bonchev–Trinajstić information content (AvgIpc) is 3.06. The first kappa shape index (κ1) is 18.2. The molecule has 2 aromatic carbocycles. The van der Waals surface area contributed by atoms with Gasteiger partial charge in [-0.2, -0.15) is 4.68 Å². The number of tetrazole rings is 1. The lowest BCUT2D eigenvalue weighted by Crippen LogP contribution is -2.15. The Kier molecular flexibility index (Phi) is 5.13. The van der Waals surface area contributed by atoms with Gasteiger partial charge in [0.15, 0.2) is 17.4 Å². The number of aryl methyl sites for hydroxylation is 2.